The van der Waals surface area contributed by atoms with Gasteiger partial charge in [0.2, 0.25) is 5.91 Å². The molecule has 1 aromatic heterocycles. The van der Waals surface area contributed by atoms with Crippen LogP contribution < -0.4 is 10.1 Å². The number of benzene rings is 1. The summed E-state index contributed by atoms with van der Waals surface area (Å²) in [6.07, 6.45) is 6.63. The standard InChI is InChI=1S/C16H16N2O2/c1-20-15-7-4-14(5-8-15)12-18-16(19)9-6-13-3-2-10-17-11-13/h2-11H,12H2,1H3,(H,18,19). The van der Waals surface area contributed by atoms with Crippen molar-refractivity contribution in [2.45, 2.75) is 6.54 Å². The zero-order valence-electron chi connectivity index (χ0n) is 11.2. The van der Waals surface area contributed by atoms with E-state index in [4.69, 9.17) is 4.74 Å². The van der Waals surface area contributed by atoms with Crippen LogP contribution in [0.25, 0.3) is 6.08 Å². The van der Waals surface area contributed by atoms with Gasteiger partial charge >= 0.3 is 0 Å². The molecule has 0 atom stereocenters. The normalized spacial score (nSPS) is 10.4. The summed E-state index contributed by atoms with van der Waals surface area (Å²) in [5.41, 5.74) is 1.92. The van der Waals surface area contributed by atoms with Crippen LogP contribution in [0.4, 0.5) is 0 Å². The van der Waals surface area contributed by atoms with Crippen LogP contribution in [0, 0.1) is 0 Å². The fraction of sp³-hybridized carbons (Fsp3) is 0.125. The van der Waals surface area contributed by atoms with Crippen molar-refractivity contribution in [3.8, 4) is 5.75 Å². The van der Waals surface area contributed by atoms with Crippen LogP contribution in [-0.2, 0) is 11.3 Å². The van der Waals surface area contributed by atoms with Gasteiger partial charge < -0.3 is 10.1 Å². The summed E-state index contributed by atoms with van der Waals surface area (Å²) in [7, 11) is 1.63. The molecule has 2 aromatic rings. The molecule has 0 spiro atoms. The van der Waals surface area contributed by atoms with Gasteiger partial charge in [0.15, 0.2) is 0 Å². The van der Waals surface area contributed by atoms with Crippen molar-refractivity contribution in [1.29, 1.82) is 0 Å². The third-order valence-electron chi connectivity index (χ3n) is 2.74. The first-order valence-corrected chi connectivity index (χ1v) is 6.27. The van der Waals surface area contributed by atoms with E-state index in [1.807, 2.05) is 36.4 Å². The number of pyridine rings is 1. The number of hydrogen-bond donors (Lipinski definition) is 1. The van der Waals surface area contributed by atoms with E-state index in [-0.39, 0.29) is 5.91 Å². The maximum absolute atomic E-state index is 11.7. The van der Waals surface area contributed by atoms with E-state index in [1.54, 1.807) is 25.6 Å². The van der Waals surface area contributed by atoms with Crippen LogP contribution in [0.15, 0.2) is 54.9 Å². The van der Waals surface area contributed by atoms with Gasteiger partial charge in [-0.1, -0.05) is 18.2 Å². The lowest BCUT2D eigenvalue weighted by atomic mass is 10.2. The average Bonchev–Trinajstić information content (AvgIpc) is 2.52. The number of methoxy groups -OCH3 is 1. The molecule has 0 unspecified atom stereocenters. The Morgan fingerprint density at radius 2 is 2.10 bits per heavy atom. The van der Waals surface area contributed by atoms with Crippen molar-refractivity contribution < 1.29 is 9.53 Å². The van der Waals surface area contributed by atoms with Gasteiger partial charge in [-0.05, 0) is 35.4 Å². The number of nitrogens with zero attached hydrogens (tertiary/aromatic N) is 1. The highest BCUT2D eigenvalue weighted by molar-refractivity contribution is 5.91. The molecule has 0 bridgehead atoms. The van der Waals surface area contributed by atoms with E-state index in [2.05, 4.69) is 10.3 Å². The van der Waals surface area contributed by atoms with Gasteiger partial charge in [-0.25, -0.2) is 0 Å². The first kappa shape index (κ1) is 13.8. The van der Waals surface area contributed by atoms with Crippen LogP contribution in [0.3, 0.4) is 0 Å². The second-order valence-electron chi connectivity index (χ2n) is 4.19. The lowest BCUT2D eigenvalue weighted by molar-refractivity contribution is -0.116. The zero-order chi connectivity index (χ0) is 14.2. The largest absolute Gasteiger partial charge is 0.497 e. The molecule has 0 aliphatic rings. The number of amides is 1. The lowest BCUT2D eigenvalue weighted by Crippen LogP contribution is -2.20. The summed E-state index contributed by atoms with van der Waals surface area (Å²) in [6, 6.07) is 11.3. The Hall–Kier alpha value is -2.62. The highest BCUT2D eigenvalue weighted by atomic mass is 16.5. The maximum Gasteiger partial charge on any atom is 0.244 e. The predicted molar refractivity (Wildman–Crippen MR) is 78.1 cm³/mol. The van der Waals surface area contributed by atoms with Crippen molar-refractivity contribution in [3.05, 3.63) is 66.0 Å². The van der Waals surface area contributed by atoms with Crippen LogP contribution >= 0.6 is 0 Å². The minimum Gasteiger partial charge on any atom is -0.497 e. The minimum atomic E-state index is -0.135. The molecule has 1 amide bonds. The number of hydrogen-bond acceptors (Lipinski definition) is 3. The zero-order valence-corrected chi connectivity index (χ0v) is 11.2. The first-order valence-electron chi connectivity index (χ1n) is 6.27. The number of ether oxygens (including phenoxy) is 1. The van der Waals surface area contributed by atoms with Crippen LogP contribution in [0.1, 0.15) is 11.1 Å². The summed E-state index contributed by atoms with van der Waals surface area (Å²) >= 11 is 0. The van der Waals surface area contributed by atoms with Gasteiger partial charge in [-0.3, -0.25) is 9.78 Å². The van der Waals surface area contributed by atoms with Gasteiger partial charge in [0.05, 0.1) is 7.11 Å². The maximum atomic E-state index is 11.7. The molecule has 0 aliphatic heterocycles. The fourth-order valence-corrected chi connectivity index (χ4v) is 1.64. The molecule has 0 aliphatic carbocycles. The molecular weight excluding hydrogens is 252 g/mol. The molecular formula is C16H16N2O2. The van der Waals surface area contributed by atoms with Crippen molar-refractivity contribution in [3.63, 3.8) is 0 Å². The average molecular weight is 268 g/mol. The Labute approximate surface area is 118 Å². The first-order chi connectivity index (χ1) is 9.78. The summed E-state index contributed by atoms with van der Waals surface area (Å²) in [6.45, 7) is 0.486. The van der Waals surface area contributed by atoms with E-state index < -0.39 is 0 Å². The van der Waals surface area contributed by atoms with Crippen LogP contribution in [-0.4, -0.2) is 18.0 Å². The topological polar surface area (TPSA) is 51.2 Å². The van der Waals surface area contributed by atoms with Gasteiger partial charge in [-0.15, -0.1) is 0 Å². The third-order valence-corrected chi connectivity index (χ3v) is 2.74. The number of carbonyl (C=O) groups is 1. The SMILES string of the molecule is COc1ccc(CNC(=O)C=Cc2cccnc2)cc1. The fourth-order valence-electron chi connectivity index (χ4n) is 1.64. The number of aromatic nitrogens is 1. The van der Waals surface area contributed by atoms with Gasteiger partial charge in [0, 0.05) is 25.0 Å². The smallest absolute Gasteiger partial charge is 0.244 e. The second kappa shape index (κ2) is 7.09. The van der Waals surface area contributed by atoms with E-state index in [0.717, 1.165) is 16.9 Å². The monoisotopic (exact) mass is 268 g/mol. The molecule has 4 nitrogen and oxygen atoms in total. The van der Waals surface area contributed by atoms with E-state index in [1.165, 1.54) is 6.08 Å². The third kappa shape index (κ3) is 4.24. The molecule has 0 saturated heterocycles. The minimum absolute atomic E-state index is 0.135. The molecule has 0 fully saturated rings. The van der Waals surface area contributed by atoms with Gasteiger partial charge in [0.1, 0.15) is 5.75 Å². The van der Waals surface area contributed by atoms with Crippen LogP contribution in [0.2, 0.25) is 0 Å². The Morgan fingerprint density at radius 3 is 2.75 bits per heavy atom. The number of rotatable bonds is 5. The summed E-state index contributed by atoms with van der Waals surface area (Å²) < 4.78 is 5.08. The molecule has 2 rings (SSSR count). The predicted octanol–water partition coefficient (Wildman–Crippen LogP) is 2.42. The summed E-state index contributed by atoms with van der Waals surface area (Å²) in [5.74, 6) is 0.668. The summed E-state index contributed by atoms with van der Waals surface area (Å²) in [5, 5.41) is 2.82. The Morgan fingerprint density at radius 1 is 1.30 bits per heavy atom. The van der Waals surface area contributed by atoms with Gasteiger partial charge in [-0.2, -0.15) is 0 Å². The number of nitrogens with one attached hydrogen (secondary N) is 1. The van der Waals surface area contributed by atoms with Crippen molar-refractivity contribution in [1.82, 2.24) is 10.3 Å². The second-order valence-corrected chi connectivity index (χ2v) is 4.19. The molecule has 4 heteroatoms. The van der Waals surface area contributed by atoms with Crippen molar-refractivity contribution in [2.24, 2.45) is 0 Å². The van der Waals surface area contributed by atoms with E-state index >= 15 is 0 Å². The quantitative estimate of drug-likeness (QED) is 0.847. The van der Waals surface area contributed by atoms with E-state index in [9.17, 15) is 4.79 Å². The number of carbonyl (C=O) groups excluding carboxylic acids is 1. The molecule has 1 N–H and O–H groups in total. The molecule has 20 heavy (non-hydrogen) atoms. The molecule has 0 saturated carbocycles. The molecule has 0 radical (unpaired) electrons. The Bertz CT molecular complexity index is 577. The summed E-state index contributed by atoms with van der Waals surface area (Å²) in [4.78, 5) is 15.6. The van der Waals surface area contributed by atoms with Crippen molar-refractivity contribution >= 4 is 12.0 Å². The highest BCUT2D eigenvalue weighted by Gasteiger charge is 1.97. The molecule has 102 valence electrons. The Balaban J connectivity index is 1.84. The lowest BCUT2D eigenvalue weighted by Gasteiger charge is -2.04. The Kier molecular flexibility index (Phi) is 4.89. The van der Waals surface area contributed by atoms with Gasteiger partial charge in [0.25, 0.3) is 0 Å². The molecule has 1 heterocycles. The highest BCUT2D eigenvalue weighted by Crippen LogP contribution is 2.10. The van der Waals surface area contributed by atoms with E-state index in [0.29, 0.717) is 6.54 Å². The van der Waals surface area contributed by atoms with Crippen molar-refractivity contribution in [2.75, 3.05) is 7.11 Å². The van der Waals surface area contributed by atoms with Crippen LogP contribution in [0.5, 0.6) is 5.75 Å². The molecule has 1 aromatic carbocycles.